The van der Waals surface area contributed by atoms with E-state index in [1.165, 1.54) is 5.56 Å². The third-order valence-electron chi connectivity index (χ3n) is 6.26. The van der Waals surface area contributed by atoms with Crippen LogP contribution in [-0.4, -0.2) is 33.1 Å². The molecule has 0 radical (unpaired) electrons. The Labute approximate surface area is 216 Å². The van der Waals surface area contributed by atoms with Gasteiger partial charge >= 0.3 is 0 Å². The number of hydrogen-bond donors (Lipinski definition) is 1. The standard InChI is InChI=1S/C29H31N3O3S/c1-18-7-11-23(12-8-18)30-26(33)17-31-27(34)25(36-28(31)35)16-21-15-19(2)32(20(21)3)24-13-9-22(10-14-24)29(4,5)6/h7-16H,17H2,1-6H3,(H,30,33)/b25-16-. The number of imide groups is 1. The van der Waals surface area contributed by atoms with E-state index in [1.54, 1.807) is 18.2 Å². The molecule has 0 atom stereocenters. The molecule has 4 rings (SSSR count). The maximum Gasteiger partial charge on any atom is 0.294 e. The number of thioether (sulfide) groups is 1. The van der Waals surface area contributed by atoms with Crippen LogP contribution in [0.2, 0.25) is 0 Å². The Morgan fingerprint density at radius 2 is 1.61 bits per heavy atom. The molecule has 1 aliphatic rings. The van der Waals surface area contributed by atoms with E-state index in [4.69, 9.17) is 0 Å². The van der Waals surface area contributed by atoms with E-state index in [0.29, 0.717) is 10.6 Å². The quantitative estimate of drug-likeness (QED) is 0.412. The van der Waals surface area contributed by atoms with E-state index >= 15 is 0 Å². The Balaban J connectivity index is 1.52. The van der Waals surface area contributed by atoms with Gasteiger partial charge in [-0.05, 0) is 85.5 Å². The minimum Gasteiger partial charge on any atom is -0.325 e. The lowest BCUT2D eigenvalue weighted by Crippen LogP contribution is -2.36. The van der Waals surface area contributed by atoms with E-state index in [2.05, 4.69) is 54.9 Å². The van der Waals surface area contributed by atoms with Crippen LogP contribution in [0.4, 0.5) is 10.5 Å². The number of hydrogen-bond acceptors (Lipinski definition) is 4. The van der Waals surface area contributed by atoms with E-state index in [-0.39, 0.29) is 12.0 Å². The van der Waals surface area contributed by atoms with Gasteiger partial charge in [0.05, 0.1) is 4.91 Å². The lowest BCUT2D eigenvalue weighted by Gasteiger charge is -2.20. The van der Waals surface area contributed by atoms with Gasteiger partial charge in [0.1, 0.15) is 6.54 Å². The highest BCUT2D eigenvalue weighted by Crippen LogP contribution is 2.34. The first-order chi connectivity index (χ1) is 16.9. The Kier molecular flexibility index (Phi) is 6.96. The Morgan fingerprint density at radius 1 is 0.972 bits per heavy atom. The molecule has 36 heavy (non-hydrogen) atoms. The third kappa shape index (κ3) is 5.31. The van der Waals surface area contributed by atoms with Crippen LogP contribution in [-0.2, 0) is 15.0 Å². The zero-order valence-electron chi connectivity index (χ0n) is 21.5. The second-order valence-electron chi connectivity index (χ2n) is 10.1. The topological polar surface area (TPSA) is 71.4 Å². The molecule has 0 aliphatic carbocycles. The van der Waals surface area contributed by atoms with Gasteiger partial charge in [-0.25, -0.2) is 0 Å². The average molecular weight is 502 g/mol. The van der Waals surface area contributed by atoms with Crippen molar-refractivity contribution < 1.29 is 14.4 Å². The van der Waals surface area contributed by atoms with Crippen molar-refractivity contribution in [2.24, 2.45) is 0 Å². The number of aryl methyl sites for hydroxylation is 2. The molecule has 2 aromatic carbocycles. The van der Waals surface area contributed by atoms with Crippen molar-refractivity contribution in [2.75, 3.05) is 11.9 Å². The third-order valence-corrected chi connectivity index (χ3v) is 7.17. The van der Waals surface area contributed by atoms with E-state index < -0.39 is 17.1 Å². The molecule has 1 aliphatic heterocycles. The molecule has 7 heteroatoms. The van der Waals surface area contributed by atoms with Gasteiger partial charge in [-0.15, -0.1) is 0 Å². The molecule has 0 bridgehead atoms. The van der Waals surface area contributed by atoms with Gasteiger partial charge in [-0.1, -0.05) is 50.6 Å². The highest BCUT2D eigenvalue weighted by atomic mass is 32.2. The van der Waals surface area contributed by atoms with Crippen molar-refractivity contribution in [2.45, 2.75) is 47.0 Å². The largest absolute Gasteiger partial charge is 0.325 e. The van der Waals surface area contributed by atoms with E-state index in [9.17, 15) is 14.4 Å². The Morgan fingerprint density at radius 3 is 2.22 bits per heavy atom. The van der Waals surface area contributed by atoms with Crippen LogP contribution in [0.1, 0.15) is 48.8 Å². The lowest BCUT2D eigenvalue weighted by molar-refractivity contribution is -0.127. The second kappa shape index (κ2) is 9.82. The summed E-state index contributed by atoms with van der Waals surface area (Å²) < 4.78 is 2.14. The second-order valence-corrected chi connectivity index (χ2v) is 11.1. The maximum absolute atomic E-state index is 13.0. The van der Waals surface area contributed by atoms with Crippen molar-refractivity contribution in [3.63, 3.8) is 0 Å². The van der Waals surface area contributed by atoms with E-state index in [0.717, 1.165) is 44.9 Å². The molecule has 2 heterocycles. The van der Waals surface area contributed by atoms with Gasteiger partial charge in [0.15, 0.2) is 0 Å². The zero-order valence-corrected chi connectivity index (χ0v) is 22.3. The number of carbonyl (C=O) groups is 3. The fraction of sp³-hybridized carbons (Fsp3) is 0.276. The minimum absolute atomic E-state index is 0.0738. The zero-order chi connectivity index (χ0) is 26.2. The van der Waals surface area contributed by atoms with Gasteiger partial charge < -0.3 is 9.88 Å². The molecular formula is C29H31N3O3S. The van der Waals surface area contributed by atoms with Crippen LogP contribution >= 0.6 is 11.8 Å². The van der Waals surface area contributed by atoms with Crippen LogP contribution in [0.15, 0.2) is 59.5 Å². The van der Waals surface area contributed by atoms with Gasteiger partial charge in [-0.3, -0.25) is 19.3 Å². The van der Waals surface area contributed by atoms with Crippen LogP contribution in [0.25, 0.3) is 11.8 Å². The molecule has 0 spiro atoms. The van der Waals surface area contributed by atoms with Gasteiger partial charge in [0.2, 0.25) is 5.91 Å². The Hall–Kier alpha value is -3.58. The summed E-state index contributed by atoms with van der Waals surface area (Å²) in [5, 5.41) is 2.29. The highest BCUT2D eigenvalue weighted by molar-refractivity contribution is 8.18. The SMILES string of the molecule is Cc1ccc(NC(=O)CN2C(=O)S/C(=C\c3cc(C)n(-c4ccc(C(C)(C)C)cc4)c3C)C2=O)cc1. The van der Waals surface area contributed by atoms with Crippen LogP contribution in [0.5, 0.6) is 0 Å². The number of benzene rings is 2. The molecule has 3 aromatic rings. The fourth-order valence-electron chi connectivity index (χ4n) is 4.20. The summed E-state index contributed by atoms with van der Waals surface area (Å²) in [6, 6.07) is 17.8. The normalized spacial score (nSPS) is 15.2. The molecular weight excluding hydrogens is 470 g/mol. The van der Waals surface area contributed by atoms with Crippen molar-refractivity contribution in [1.82, 2.24) is 9.47 Å². The molecule has 186 valence electrons. The molecule has 3 amide bonds. The van der Waals surface area contributed by atoms with Gasteiger partial charge in [-0.2, -0.15) is 0 Å². The molecule has 1 fully saturated rings. The van der Waals surface area contributed by atoms with Crippen molar-refractivity contribution in [3.8, 4) is 5.69 Å². The summed E-state index contributed by atoms with van der Waals surface area (Å²) in [4.78, 5) is 39.3. The Bertz CT molecular complexity index is 1360. The number of rotatable bonds is 5. The monoisotopic (exact) mass is 501 g/mol. The number of nitrogens with one attached hydrogen (secondary N) is 1. The predicted octanol–water partition coefficient (Wildman–Crippen LogP) is 6.38. The highest BCUT2D eigenvalue weighted by Gasteiger charge is 2.36. The summed E-state index contributed by atoms with van der Waals surface area (Å²) >= 11 is 0.860. The van der Waals surface area contributed by atoms with Gasteiger partial charge in [0.25, 0.3) is 11.1 Å². The fourth-order valence-corrected chi connectivity index (χ4v) is 5.03. The van der Waals surface area contributed by atoms with Crippen LogP contribution in [0, 0.1) is 20.8 Å². The predicted molar refractivity (Wildman–Crippen MR) is 146 cm³/mol. The molecule has 6 nitrogen and oxygen atoms in total. The smallest absolute Gasteiger partial charge is 0.294 e. The summed E-state index contributed by atoms with van der Waals surface area (Å²) in [7, 11) is 0. The molecule has 0 unspecified atom stereocenters. The summed E-state index contributed by atoms with van der Waals surface area (Å²) in [6.45, 7) is 12.2. The number of carbonyl (C=O) groups excluding carboxylic acids is 3. The number of amides is 3. The molecule has 1 saturated heterocycles. The van der Waals surface area contributed by atoms with Crippen LogP contribution in [0.3, 0.4) is 0 Å². The number of anilines is 1. The molecule has 1 aromatic heterocycles. The first kappa shape index (κ1) is 25.5. The van der Waals surface area contributed by atoms with Crippen molar-refractivity contribution in [1.29, 1.82) is 0 Å². The summed E-state index contributed by atoms with van der Waals surface area (Å²) in [5.41, 5.74) is 6.93. The molecule has 0 saturated carbocycles. The first-order valence-corrected chi connectivity index (χ1v) is 12.7. The summed E-state index contributed by atoms with van der Waals surface area (Å²) in [6.07, 6.45) is 1.74. The number of aromatic nitrogens is 1. The lowest BCUT2D eigenvalue weighted by atomic mass is 9.87. The number of nitrogens with zero attached hydrogens (tertiary/aromatic N) is 2. The van der Waals surface area contributed by atoms with Gasteiger partial charge in [0, 0.05) is 22.8 Å². The first-order valence-electron chi connectivity index (χ1n) is 11.9. The van der Waals surface area contributed by atoms with Crippen LogP contribution < -0.4 is 5.32 Å². The average Bonchev–Trinajstić information content (AvgIpc) is 3.24. The van der Waals surface area contributed by atoms with Crippen molar-refractivity contribution >= 4 is 40.6 Å². The van der Waals surface area contributed by atoms with Crippen molar-refractivity contribution in [3.05, 3.63) is 87.6 Å². The minimum atomic E-state index is -0.455. The molecule has 1 N–H and O–H groups in total. The van der Waals surface area contributed by atoms with E-state index in [1.807, 2.05) is 39.0 Å². The summed E-state index contributed by atoms with van der Waals surface area (Å²) in [5.74, 6) is -0.873. The maximum atomic E-state index is 13.0.